The molecule has 0 unspecified atom stereocenters. The maximum atomic E-state index is 12.7. The Hall–Kier alpha value is -2.67. The zero-order chi connectivity index (χ0) is 18.6. The molecule has 1 aromatic carbocycles. The summed E-state index contributed by atoms with van der Waals surface area (Å²) in [6, 6.07) is 9.95. The Bertz CT molecular complexity index is 947. The molecule has 0 saturated carbocycles. The third kappa shape index (κ3) is 4.03. The molecule has 0 aliphatic carbocycles. The van der Waals surface area contributed by atoms with Crippen LogP contribution in [0.15, 0.2) is 53.8 Å². The van der Waals surface area contributed by atoms with Gasteiger partial charge in [-0.25, -0.2) is 9.97 Å². The Morgan fingerprint density at radius 1 is 1.19 bits per heavy atom. The second-order valence-corrected chi connectivity index (χ2v) is 7.48. The van der Waals surface area contributed by atoms with Gasteiger partial charge in [0.1, 0.15) is 5.52 Å². The summed E-state index contributed by atoms with van der Waals surface area (Å²) in [5.41, 5.74) is 3.25. The number of carbonyl (C=O) groups excluding carboxylic acids is 1. The summed E-state index contributed by atoms with van der Waals surface area (Å²) in [5.74, 6) is 0.0293. The summed E-state index contributed by atoms with van der Waals surface area (Å²) in [6.45, 7) is 1.60. The number of anilines is 2. The quantitative estimate of drug-likeness (QED) is 0.699. The van der Waals surface area contributed by atoms with Crippen LogP contribution in [0.2, 0.25) is 0 Å². The molecule has 1 atom stereocenters. The molecule has 1 fully saturated rings. The summed E-state index contributed by atoms with van der Waals surface area (Å²) in [4.78, 5) is 29.1. The van der Waals surface area contributed by atoms with Crippen molar-refractivity contribution >= 4 is 40.2 Å². The van der Waals surface area contributed by atoms with Crippen LogP contribution < -0.4 is 10.2 Å². The van der Waals surface area contributed by atoms with Gasteiger partial charge in [-0.1, -0.05) is 0 Å². The van der Waals surface area contributed by atoms with Crippen LogP contribution in [0.1, 0.15) is 12.8 Å². The number of rotatable bonds is 4. The third-order valence-electron chi connectivity index (χ3n) is 4.82. The van der Waals surface area contributed by atoms with Crippen molar-refractivity contribution in [2.75, 3.05) is 29.6 Å². The molecule has 0 bridgehead atoms. The van der Waals surface area contributed by atoms with Gasteiger partial charge in [0.25, 0.3) is 0 Å². The van der Waals surface area contributed by atoms with Crippen LogP contribution in [-0.2, 0) is 4.79 Å². The van der Waals surface area contributed by atoms with E-state index >= 15 is 0 Å². The molecule has 1 aliphatic rings. The molecular weight excluding hydrogens is 358 g/mol. The van der Waals surface area contributed by atoms with Gasteiger partial charge in [0.15, 0.2) is 5.65 Å². The maximum Gasteiger partial charge on any atom is 0.229 e. The van der Waals surface area contributed by atoms with Crippen molar-refractivity contribution in [2.45, 2.75) is 17.7 Å². The van der Waals surface area contributed by atoms with E-state index in [-0.39, 0.29) is 11.8 Å². The van der Waals surface area contributed by atoms with E-state index in [0.29, 0.717) is 12.2 Å². The third-order valence-corrected chi connectivity index (χ3v) is 5.57. The Labute approximate surface area is 162 Å². The maximum absolute atomic E-state index is 12.7. The Morgan fingerprint density at radius 3 is 2.81 bits per heavy atom. The lowest BCUT2D eigenvalue weighted by Gasteiger charge is -2.33. The van der Waals surface area contributed by atoms with Crippen LogP contribution in [0, 0.1) is 5.92 Å². The zero-order valence-electron chi connectivity index (χ0n) is 15.1. The Morgan fingerprint density at radius 2 is 2.00 bits per heavy atom. The fraction of sp³-hybridized carbons (Fsp3) is 0.300. The second-order valence-electron chi connectivity index (χ2n) is 6.60. The lowest BCUT2D eigenvalue weighted by Crippen LogP contribution is -2.40. The fourth-order valence-corrected chi connectivity index (χ4v) is 3.77. The molecule has 1 saturated heterocycles. The van der Waals surface area contributed by atoms with Crippen LogP contribution in [0.4, 0.5) is 11.4 Å². The van der Waals surface area contributed by atoms with E-state index in [9.17, 15) is 4.79 Å². The SMILES string of the molecule is CSc1ccc(NC(=O)[C@@H]2CCCN(c3cnc4nccnc4c3)C2)cc1. The lowest BCUT2D eigenvalue weighted by molar-refractivity contribution is -0.120. The molecule has 1 aliphatic heterocycles. The fourth-order valence-electron chi connectivity index (χ4n) is 3.36. The van der Waals surface area contributed by atoms with Crippen molar-refractivity contribution < 1.29 is 4.79 Å². The highest BCUT2D eigenvalue weighted by Gasteiger charge is 2.26. The van der Waals surface area contributed by atoms with Crippen molar-refractivity contribution in [3.63, 3.8) is 0 Å². The smallest absolute Gasteiger partial charge is 0.229 e. The molecule has 27 heavy (non-hydrogen) atoms. The molecule has 2 aromatic heterocycles. The minimum atomic E-state index is -0.0449. The van der Waals surface area contributed by atoms with Crippen LogP contribution in [0.5, 0.6) is 0 Å². The largest absolute Gasteiger partial charge is 0.369 e. The Balaban J connectivity index is 1.45. The van der Waals surface area contributed by atoms with Gasteiger partial charge in [-0.3, -0.25) is 9.78 Å². The van der Waals surface area contributed by atoms with Crippen molar-refractivity contribution in [3.05, 3.63) is 48.9 Å². The van der Waals surface area contributed by atoms with Crippen LogP contribution in [-0.4, -0.2) is 40.2 Å². The monoisotopic (exact) mass is 379 g/mol. The normalized spacial score (nSPS) is 17.1. The number of fused-ring (bicyclic) bond motifs is 1. The number of thioether (sulfide) groups is 1. The van der Waals surface area contributed by atoms with Crippen molar-refractivity contribution in [1.82, 2.24) is 15.0 Å². The molecule has 3 heterocycles. The average molecular weight is 379 g/mol. The molecule has 0 spiro atoms. The minimum Gasteiger partial charge on any atom is -0.369 e. The average Bonchev–Trinajstić information content (AvgIpc) is 2.74. The molecule has 1 amide bonds. The summed E-state index contributed by atoms with van der Waals surface area (Å²) in [5, 5.41) is 3.05. The van der Waals surface area contributed by atoms with E-state index in [0.717, 1.165) is 36.3 Å². The van der Waals surface area contributed by atoms with Gasteiger partial charge in [-0.05, 0) is 49.4 Å². The van der Waals surface area contributed by atoms with Gasteiger partial charge in [-0.2, -0.15) is 0 Å². The van der Waals surface area contributed by atoms with Gasteiger partial charge in [0, 0.05) is 36.1 Å². The molecule has 6 nitrogen and oxygen atoms in total. The van der Waals surface area contributed by atoms with Gasteiger partial charge in [0.05, 0.1) is 17.8 Å². The van der Waals surface area contributed by atoms with Crippen molar-refractivity contribution in [3.8, 4) is 0 Å². The van der Waals surface area contributed by atoms with E-state index in [2.05, 4.69) is 25.2 Å². The Kier molecular flexibility index (Phi) is 5.20. The van der Waals surface area contributed by atoms with Gasteiger partial charge in [-0.15, -0.1) is 11.8 Å². The minimum absolute atomic E-state index is 0.0449. The predicted octanol–water partition coefficient (Wildman–Crippen LogP) is 3.60. The number of amides is 1. The van der Waals surface area contributed by atoms with Gasteiger partial charge >= 0.3 is 0 Å². The number of benzene rings is 1. The first-order valence-corrected chi connectivity index (χ1v) is 10.2. The van der Waals surface area contributed by atoms with E-state index in [1.807, 2.05) is 42.8 Å². The number of pyridine rings is 1. The summed E-state index contributed by atoms with van der Waals surface area (Å²) < 4.78 is 0. The van der Waals surface area contributed by atoms with Crippen molar-refractivity contribution in [1.29, 1.82) is 0 Å². The number of carbonyl (C=O) groups is 1. The molecule has 1 N–H and O–H groups in total. The number of nitrogens with zero attached hydrogens (tertiary/aromatic N) is 4. The topological polar surface area (TPSA) is 71.0 Å². The molecule has 4 rings (SSSR count). The van der Waals surface area contributed by atoms with E-state index in [4.69, 9.17) is 0 Å². The van der Waals surface area contributed by atoms with Crippen LogP contribution in [0.25, 0.3) is 11.2 Å². The second kappa shape index (κ2) is 7.92. The van der Waals surface area contributed by atoms with Crippen LogP contribution >= 0.6 is 11.8 Å². The molecular formula is C20H21N5OS. The molecule has 0 radical (unpaired) electrons. The first-order chi connectivity index (χ1) is 13.2. The first kappa shape index (κ1) is 17.7. The molecule has 7 heteroatoms. The highest BCUT2D eigenvalue weighted by molar-refractivity contribution is 7.98. The molecule has 138 valence electrons. The zero-order valence-corrected chi connectivity index (χ0v) is 15.9. The standard InChI is InChI=1S/C20H21N5OS/c1-27-17-6-4-15(5-7-17)24-20(26)14-3-2-10-25(13-14)16-11-18-19(23-12-16)22-9-8-21-18/h4-9,11-12,14H,2-3,10,13H2,1H3,(H,24,26)/t14-/m1/s1. The number of aromatic nitrogens is 3. The first-order valence-electron chi connectivity index (χ1n) is 8.99. The molecule has 3 aromatic rings. The van der Waals surface area contributed by atoms with E-state index < -0.39 is 0 Å². The summed E-state index contributed by atoms with van der Waals surface area (Å²) in [6.07, 6.45) is 9.04. The number of piperidine rings is 1. The van der Waals surface area contributed by atoms with Crippen molar-refractivity contribution in [2.24, 2.45) is 5.92 Å². The van der Waals surface area contributed by atoms with E-state index in [1.165, 1.54) is 4.90 Å². The number of nitrogens with one attached hydrogen (secondary N) is 1. The van der Waals surface area contributed by atoms with E-state index in [1.54, 1.807) is 24.2 Å². The van der Waals surface area contributed by atoms with Gasteiger partial charge < -0.3 is 10.2 Å². The predicted molar refractivity (Wildman–Crippen MR) is 109 cm³/mol. The summed E-state index contributed by atoms with van der Waals surface area (Å²) in [7, 11) is 0. The van der Waals surface area contributed by atoms with Gasteiger partial charge in [0.2, 0.25) is 5.91 Å². The number of hydrogen-bond donors (Lipinski definition) is 1. The lowest BCUT2D eigenvalue weighted by atomic mass is 9.96. The highest BCUT2D eigenvalue weighted by atomic mass is 32.2. The van der Waals surface area contributed by atoms with Crippen LogP contribution in [0.3, 0.4) is 0 Å². The number of hydrogen-bond acceptors (Lipinski definition) is 6. The highest BCUT2D eigenvalue weighted by Crippen LogP contribution is 2.25. The summed E-state index contributed by atoms with van der Waals surface area (Å²) >= 11 is 1.69.